The average Bonchev–Trinajstić information content (AvgIpc) is 3.49. The molecule has 0 aliphatic rings. The molecule has 0 amide bonds. The van der Waals surface area contributed by atoms with Gasteiger partial charge in [0.05, 0.1) is 33.8 Å². The molecule has 0 aliphatic carbocycles. The van der Waals surface area contributed by atoms with Gasteiger partial charge in [-0.2, -0.15) is 0 Å². The van der Waals surface area contributed by atoms with E-state index in [9.17, 15) is 9.90 Å². The Kier molecular flexibility index (Phi) is 5.00. The number of hydrogen-bond donors (Lipinski definition) is 2. The Hall–Kier alpha value is -4.65. The van der Waals surface area contributed by atoms with E-state index in [0.717, 1.165) is 38.7 Å². The predicted octanol–water partition coefficient (Wildman–Crippen LogP) is 6.98. The first kappa shape index (κ1) is 21.9. The van der Waals surface area contributed by atoms with E-state index in [0.29, 0.717) is 28.1 Å². The molecular formula is C29H23N3O4. The number of carboxylic acids is 1. The van der Waals surface area contributed by atoms with Crippen LogP contribution in [0.4, 0.5) is 0 Å². The number of nitrogens with one attached hydrogen (secondary N) is 1. The maximum Gasteiger partial charge on any atom is 0.336 e. The van der Waals surface area contributed by atoms with Crippen molar-refractivity contribution in [3.05, 3.63) is 89.2 Å². The number of para-hydroxylation sites is 1. The molecule has 36 heavy (non-hydrogen) atoms. The molecule has 1 atom stereocenters. The Balaban J connectivity index is 1.49. The van der Waals surface area contributed by atoms with Crippen LogP contribution in [0, 0.1) is 13.8 Å². The van der Waals surface area contributed by atoms with Crippen molar-refractivity contribution in [1.29, 1.82) is 0 Å². The molecule has 0 radical (unpaired) electrons. The first-order valence-electron chi connectivity index (χ1n) is 11.7. The minimum atomic E-state index is -1.06. The molecule has 3 aromatic heterocycles. The first-order chi connectivity index (χ1) is 17.4. The maximum atomic E-state index is 12.5. The summed E-state index contributed by atoms with van der Waals surface area (Å²) in [5.41, 5.74) is 6.40. The quantitative estimate of drug-likeness (QED) is 0.278. The van der Waals surface area contributed by atoms with Gasteiger partial charge in [0.2, 0.25) is 0 Å². The smallest absolute Gasteiger partial charge is 0.336 e. The summed E-state index contributed by atoms with van der Waals surface area (Å²) in [6.07, 6.45) is 1.32. The van der Waals surface area contributed by atoms with Crippen LogP contribution < -0.4 is 4.74 Å². The molecule has 0 unspecified atom stereocenters. The van der Waals surface area contributed by atoms with E-state index in [-0.39, 0.29) is 11.7 Å². The number of imidazole rings is 1. The van der Waals surface area contributed by atoms with Gasteiger partial charge in [-0.3, -0.25) is 0 Å². The highest BCUT2D eigenvalue weighted by molar-refractivity contribution is 6.07. The number of aryl methyl sites for hydroxylation is 2. The third-order valence-electron chi connectivity index (χ3n) is 6.65. The molecule has 7 heteroatoms. The second kappa shape index (κ2) is 8.23. The van der Waals surface area contributed by atoms with Gasteiger partial charge in [-0.05, 0) is 62.2 Å². The second-order valence-corrected chi connectivity index (χ2v) is 8.96. The largest absolute Gasteiger partial charge is 0.485 e. The topological polar surface area (TPSA) is 101 Å². The van der Waals surface area contributed by atoms with Crippen LogP contribution in [0.5, 0.6) is 5.75 Å². The first-order valence-corrected chi connectivity index (χ1v) is 11.7. The summed E-state index contributed by atoms with van der Waals surface area (Å²) in [5.74, 6) is -0.0301. The number of carbonyl (C=O) groups is 1. The fraction of sp³-hybridized carbons (Fsp3) is 0.138. The molecule has 3 aromatic carbocycles. The number of fused-ring (bicyclic) bond motifs is 3. The Morgan fingerprint density at radius 3 is 2.72 bits per heavy atom. The van der Waals surface area contributed by atoms with Crippen LogP contribution in [0.15, 0.2) is 71.4 Å². The molecule has 2 N–H and O–H groups in total. The fourth-order valence-electron chi connectivity index (χ4n) is 4.71. The number of furan rings is 1. The predicted molar refractivity (Wildman–Crippen MR) is 139 cm³/mol. The van der Waals surface area contributed by atoms with Gasteiger partial charge in [-0.15, -0.1) is 0 Å². The zero-order valence-electron chi connectivity index (χ0n) is 20.0. The lowest BCUT2D eigenvalue weighted by atomic mass is 10.0. The van der Waals surface area contributed by atoms with Crippen LogP contribution in [0.3, 0.4) is 0 Å². The molecule has 178 valence electrons. The van der Waals surface area contributed by atoms with Crippen molar-refractivity contribution in [3.8, 4) is 17.2 Å². The standard InChI is InChI=1S/C29H23N3O4/c1-15-8-11-25(35-17(3)18-9-10-21-22(12-18)31-14-30-21)26-20(29(33)34)13-23(32-27(15)26)28-16(2)19-6-4-5-7-24(19)36-28/h4-14,17H,1-3H3,(H,30,31)(H,33,34)/t17-/m1/s1. The van der Waals surface area contributed by atoms with Gasteiger partial charge in [-0.1, -0.05) is 30.3 Å². The number of hydrogen-bond acceptors (Lipinski definition) is 5. The summed E-state index contributed by atoms with van der Waals surface area (Å²) in [4.78, 5) is 24.7. The number of aromatic carboxylic acids is 1. The molecule has 0 saturated heterocycles. The van der Waals surface area contributed by atoms with E-state index in [4.69, 9.17) is 14.1 Å². The lowest BCUT2D eigenvalue weighted by Gasteiger charge is -2.19. The molecule has 6 rings (SSSR count). The van der Waals surface area contributed by atoms with Crippen molar-refractivity contribution >= 4 is 38.9 Å². The van der Waals surface area contributed by atoms with Gasteiger partial charge in [0.15, 0.2) is 5.76 Å². The lowest BCUT2D eigenvalue weighted by molar-refractivity contribution is 0.0698. The molecular weight excluding hydrogens is 454 g/mol. The van der Waals surface area contributed by atoms with E-state index in [1.165, 1.54) is 0 Å². The number of carboxylic acid groups (broad SMARTS) is 1. The van der Waals surface area contributed by atoms with Gasteiger partial charge >= 0.3 is 5.97 Å². The molecule has 3 heterocycles. The Morgan fingerprint density at radius 2 is 1.92 bits per heavy atom. The number of aromatic amines is 1. The zero-order valence-corrected chi connectivity index (χ0v) is 20.0. The summed E-state index contributed by atoms with van der Waals surface area (Å²) >= 11 is 0. The van der Waals surface area contributed by atoms with Crippen LogP contribution in [0.25, 0.3) is 44.4 Å². The van der Waals surface area contributed by atoms with Crippen LogP contribution >= 0.6 is 0 Å². The van der Waals surface area contributed by atoms with Crippen molar-refractivity contribution in [1.82, 2.24) is 15.0 Å². The van der Waals surface area contributed by atoms with Gasteiger partial charge in [0.1, 0.15) is 23.1 Å². The zero-order chi connectivity index (χ0) is 25.0. The van der Waals surface area contributed by atoms with Crippen molar-refractivity contribution in [2.75, 3.05) is 0 Å². The highest BCUT2D eigenvalue weighted by atomic mass is 16.5. The third kappa shape index (κ3) is 3.48. The van der Waals surface area contributed by atoms with Crippen molar-refractivity contribution in [3.63, 3.8) is 0 Å². The monoisotopic (exact) mass is 477 g/mol. The van der Waals surface area contributed by atoms with E-state index in [1.54, 1.807) is 12.4 Å². The van der Waals surface area contributed by atoms with Crippen LogP contribution in [-0.2, 0) is 0 Å². The Bertz CT molecular complexity index is 1800. The highest BCUT2D eigenvalue weighted by Crippen LogP contribution is 2.38. The van der Waals surface area contributed by atoms with Crippen molar-refractivity contribution < 1.29 is 19.1 Å². The Morgan fingerprint density at radius 1 is 1.08 bits per heavy atom. The van der Waals surface area contributed by atoms with Crippen LogP contribution in [0.2, 0.25) is 0 Å². The summed E-state index contributed by atoms with van der Waals surface area (Å²) in [6, 6.07) is 18.9. The summed E-state index contributed by atoms with van der Waals surface area (Å²) in [7, 11) is 0. The SMILES string of the molecule is Cc1c(-c2cc(C(=O)O)c3c(O[C@H](C)c4ccc5nc[nH]c5c4)ccc(C)c3n2)oc2ccccc12. The van der Waals surface area contributed by atoms with E-state index in [1.807, 2.05) is 75.4 Å². The Labute approximate surface area is 206 Å². The lowest BCUT2D eigenvalue weighted by Crippen LogP contribution is -2.07. The van der Waals surface area contributed by atoms with Crippen molar-refractivity contribution in [2.45, 2.75) is 26.9 Å². The molecule has 0 spiro atoms. The highest BCUT2D eigenvalue weighted by Gasteiger charge is 2.22. The van der Waals surface area contributed by atoms with Crippen LogP contribution in [0.1, 0.15) is 40.1 Å². The fourth-order valence-corrected chi connectivity index (χ4v) is 4.71. The normalized spacial score (nSPS) is 12.4. The van der Waals surface area contributed by atoms with E-state index in [2.05, 4.69) is 9.97 Å². The molecule has 7 nitrogen and oxygen atoms in total. The van der Waals surface area contributed by atoms with Gasteiger partial charge < -0.3 is 19.2 Å². The van der Waals surface area contributed by atoms with Crippen molar-refractivity contribution in [2.24, 2.45) is 0 Å². The number of H-pyrrole nitrogens is 1. The number of benzene rings is 3. The number of ether oxygens (including phenoxy) is 1. The van der Waals surface area contributed by atoms with E-state index < -0.39 is 5.97 Å². The molecule has 6 aromatic rings. The van der Waals surface area contributed by atoms with Gasteiger partial charge in [0, 0.05) is 10.9 Å². The summed E-state index contributed by atoms with van der Waals surface area (Å²) in [6.45, 7) is 5.80. The minimum absolute atomic E-state index is 0.116. The molecule has 0 fully saturated rings. The van der Waals surface area contributed by atoms with Crippen LogP contribution in [-0.4, -0.2) is 26.0 Å². The number of nitrogens with zero attached hydrogens (tertiary/aromatic N) is 2. The average molecular weight is 478 g/mol. The molecule has 0 saturated carbocycles. The number of rotatable bonds is 5. The number of aromatic nitrogens is 3. The molecule has 0 aliphatic heterocycles. The third-order valence-corrected chi connectivity index (χ3v) is 6.65. The second-order valence-electron chi connectivity index (χ2n) is 8.96. The van der Waals surface area contributed by atoms with Gasteiger partial charge in [0.25, 0.3) is 0 Å². The minimum Gasteiger partial charge on any atom is -0.485 e. The van der Waals surface area contributed by atoms with Gasteiger partial charge in [-0.25, -0.2) is 14.8 Å². The molecule has 0 bridgehead atoms. The maximum absolute atomic E-state index is 12.5. The summed E-state index contributed by atoms with van der Waals surface area (Å²) in [5, 5.41) is 11.6. The van der Waals surface area contributed by atoms with E-state index >= 15 is 0 Å². The summed E-state index contributed by atoms with van der Waals surface area (Å²) < 4.78 is 12.4. The number of pyridine rings is 1.